The third-order valence-corrected chi connectivity index (χ3v) is 3.87. The standard InChI is InChI=1S/C8H16O2S2/c9-7(5-11)3-1-2-4-8(7,10)6-12/h9-12H,1-6H2. The van der Waals surface area contributed by atoms with Crippen molar-refractivity contribution in [2.24, 2.45) is 0 Å². The molecule has 0 aromatic carbocycles. The van der Waals surface area contributed by atoms with Crippen LogP contribution in [0.1, 0.15) is 25.7 Å². The van der Waals surface area contributed by atoms with E-state index in [9.17, 15) is 10.2 Å². The van der Waals surface area contributed by atoms with E-state index in [1.165, 1.54) is 0 Å². The molecule has 1 rings (SSSR count). The smallest absolute Gasteiger partial charge is 0.103 e. The molecular formula is C8H16O2S2. The molecule has 2 unspecified atom stereocenters. The molecule has 2 atom stereocenters. The first kappa shape index (κ1) is 10.7. The first-order valence-electron chi connectivity index (χ1n) is 4.24. The molecular weight excluding hydrogens is 192 g/mol. The van der Waals surface area contributed by atoms with E-state index in [0.717, 1.165) is 12.8 Å². The van der Waals surface area contributed by atoms with Gasteiger partial charge in [-0.05, 0) is 12.8 Å². The molecule has 1 fully saturated rings. The van der Waals surface area contributed by atoms with Gasteiger partial charge in [-0.2, -0.15) is 25.3 Å². The van der Waals surface area contributed by atoms with Gasteiger partial charge in [0.05, 0.1) is 0 Å². The van der Waals surface area contributed by atoms with Crippen LogP contribution in [0.4, 0.5) is 0 Å². The molecule has 0 saturated heterocycles. The second-order valence-electron chi connectivity index (χ2n) is 3.59. The van der Waals surface area contributed by atoms with Gasteiger partial charge in [0.15, 0.2) is 0 Å². The fourth-order valence-corrected chi connectivity index (χ4v) is 2.66. The molecule has 0 spiro atoms. The summed E-state index contributed by atoms with van der Waals surface area (Å²) in [5.74, 6) is 0.619. The number of hydrogen-bond donors (Lipinski definition) is 4. The SMILES string of the molecule is OC1(CS)CCCCC1(O)CS. The summed E-state index contributed by atoms with van der Waals surface area (Å²) in [4.78, 5) is 0. The Bertz CT molecular complexity index is 147. The van der Waals surface area contributed by atoms with Crippen LogP contribution < -0.4 is 0 Å². The first-order chi connectivity index (χ1) is 5.58. The second kappa shape index (κ2) is 3.78. The zero-order valence-electron chi connectivity index (χ0n) is 7.03. The van der Waals surface area contributed by atoms with Gasteiger partial charge in [-0.1, -0.05) is 12.8 Å². The molecule has 0 aromatic heterocycles. The molecule has 0 amide bonds. The van der Waals surface area contributed by atoms with Crippen LogP contribution in [0.2, 0.25) is 0 Å². The van der Waals surface area contributed by atoms with Crippen molar-refractivity contribution in [1.29, 1.82) is 0 Å². The van der Waals surface area contributed by atoms with E-state index in [-0.39, 0.29) is 0 Å². The Morgan fingerprint density at radius 1 is 0.917 bits per heavy atom. The van der Waals surface area contributed by atoms with Gasteiger partial charge in [0.2, 0.25) is 0 Å². The van der Waals surface area contributed by atoms with Crippen LogP contribution in [-0.2, 0) is 0 Å². The maximum absolute atomic E-state index is 10.0. The minimum absolute atomic E-state index is 0.310. The summed E-state index contributed by atoms with van der Waals surface area (Å²) in [6, 6.07) is 0. The van der Waals surface area contributed by atoms with Crippen molar-refractivity contribution in [1.82, 2.24) is 0 Å². The Morgan fingerprint density at radius 2 is 1.25 bits per heavy atom. The number of aliphatic hydroxyl groups is 2. The zero-order chi connectivity index (χ0) is 9.24. The third-order valence-electron chi connectivity index (χ3n) is 2.82. The molecule has 4 heteroatoms. The maximum Gasteiger partial charge on any atom is 0.103 e. The van der Waals surface area contributed by atoms with Crippen LogP contribution in [0.5, 0.6) is 0 Å². The predicted octanol–water partition coefficient (Wildman–Crippen LogP) is 0.882. The van der Waals surface area contributed by atoms with E-state index in [1.54, 1.807) is 0 Å². The van der Waals surface area contributed by atoms with Gasteiger partial charge in [-0.15, -0.1) is 0 Å². The third kappa shape index (κ3) is 1.62. The van der Waals surface area contributed by atoms with E-state index >= 15 is 0 Å². The Labute approximate surface area is 84.2 Å². The normalized spacial score (nSPS) is 43.0. The summed E-state index contributed by atoms with van der Waals surface area (Å²) in [5.41, 5.74) is -2.06. The Morgan fingerprint density at radius 3 is 1.50 bits per heavy atom. The van der Waals surface area contributed by atoms with Gasteiger partial charge >= 0.3 is 0 Å². The van der Waals surface area contributed by atoms with Gasteiger partial charge < -0.3 is 10.2 Å². The molecule has 1 aliphatic rings. The summed E-state index contributed by atoms with van der Waals surface area (Å²) in [7, 11) is 0. The summed E-state index contributed by atoms with van der Waals surface area (Å²) < 4.78 is 0. The minimum Gasteiger partial charge on any atom is -0.386 e. The van der Waals surface area contributed by atoms with Crippen molar-refractivity contribution >= 4 is 25.3 Å². The Kier molecular flexibility index (Phi) is 3.37. The monoisotopic (exact) mass is 208 g/mol. The van der Waals surface area contributed by atoms with E-state index in [0.29, 0.717) is 24.3 Å². The lowest BCUT2D eigenvalue weighted by atomic mass is 9.74. The molecule has 12 heavy (non-hydrogen) atoms. The Hall–Kier alpha value is 0.620. The van der Waals surface area contributed by atoms with Crippen molar-refractivity contribution in [2.45, 2.75) is 36.9 Å². The van der Waals surface area contributed by atoms with Gasteiger partial charge in [0.25, 0.3) is 0 Å². The summed E-state index contributed by atoms with van der Waals surface area (Å²) in [6.45, 7) is 0. The molecule has 1 saturated carbocycles. The average molecular weight is 208 g/mol. The second-order valence-corrected chi connectivity index (χ2v) is 4.22. The Balaban J connectivity index is 2.79. The molecule has 1 aliphatic carbocycles. The van der Waals surface area contributed by atoms with Crippen LogP contribution in [-0.4, -0.2) is 32.9 Å². The summed E-state index contributed by atoms with van der Waals surface area (Å²) >= 11 is 8.15. The average Bonchev–Trinajstić information content (AvgIpc) is 2.10. The highest BCUT2D eigenvalue weighted by atomic mass is 32.1. The van der Waals surface area contributed by atoms with Crippen LogP contribution in [0.25, 0.3) is 0 Å². The summed E-state index contributed by atoms with van der Waals surface area (Å²) in [6.07, 6.45) is 3.20. The van der Waals surface area contributed by atoms with E-state index < -0.39 is 11.2 Å². The molecule has 2 nitrogen and oxygen atoms in total. The molecule has 0 heterocycles. The summed E-state index contributed by atoms with van der Waals surface area (Å²) in [5, 5.41) is 20.0. The van der Waals surface area contributed by atoms with Gasteiger partial charge in [0.1, 0.15) is 11.2 Å². The van der Waals surface area contributed by atoms with Crippen LogP contribution in [0, 0.1) is 0 Å². The zero-order valence-corrected chi connectivity index (χ0v) is 8.82. The highest BCUT2D eigenvalue weighted by molar-refractivity contribution is 7.80. The number of hydrogen-bond acceptors (Lipinski definition) is 4. The molecule has 0 aromatic rings. The highest BCUT2D eigenvalue weighted by Crippen LogP contribution is 2.38. The lowest BCUT2D eigenvalue weighted by Gasteiger charge is -2.45. The minimum atomic E-state index is -1.03. The molecule has 0 aliphatic heterocycles. The van der Waals surface area contributed by atoms with Gasteiger partial charge in [-0.25, -0.2) is 0 Å². The largest absolute Gasteiger partial charge is 0.386 e. The molecule has 0 radical (unpaired) electrons. The fourth-order valence-electron chi connectivity index (χ4n) is 1.75. The van der Waals surface area contributed by atoms with Crippen molar-refractivity contribution in [3.05, 3.63) is 0 Å². The van der Waals surface area contributed by atoms with Crippen molar-refractivity contribution < 1.29 is 10.2 Å². The van der Waals surface area contributed by atoms with Crippen molar-refractivity contribution in [3.63, 3.8) is 0 Å². The topological polar surface area (TPSA) is 40.5 Å². The van der Waals surface area contributed by atoms with Crippen LogP contribution in [0.15, 0.2) is 0 Å². The lowest BCUT2D eigenvalue weighted by Crippen LogP contribution is -2.59. The molecule has 0 bridgehead atoms. The van der Waals surface area contributed by atoms with E-state index in [2.05, 4.69) is 25.3 Å². The number of rotatable bonds is 2. The lowest BCUT2D eigenvalue weighted by molar-refractivity contribution is -0.147. The van der Waals surface area contributed by atoms with Crippen LogP contribution in [0.3, 0.4) is 0 Å². The van der Waals surface area contributed by atoms with Crippen LogP contribution >= 0.6 is 25.3 Å². The quantitative estimate of drug-likeness (QED) is 0.509. The number of thiol groups is 2. The first-order valence-corrected chi connectivity index (χ1v) is 5.51. The van der Waals surface area contributed by atoms with Crippen molar-refractivity contribution in [3.8, 4) is 0 Å². The fraction of sp³-hybridized carbons (Fsp3) is 1.00. The van der Waals surface area contributed by atoms with Gasteiger partial charge in [0, 0.05) is 11.5 Å². The maximum atomic E-state index is 10.0. The van der Waals surface area contributed by atoms with Gasteiger partial charge in [-0.3, -0.25) is 0 Å². The highest BCUT2D eigenvalue weighted by Gasteiger charge is 2.48. The van der Waals surface area contributed by atoms with Crippen molar-refractivity contribution in [2.75, 3.05) is 11.5 Å². The molecule has 2 N–H and O–H groups in total. The molecule has 72 valence electrons. The van der Waals surface area contributed by atoms with E-state index in [4.69, 9.17) is 0 Å². The predicted molar refractivity (Wildman–Crippen MR) is 56.1 cm³/mol. The van der Waals surface area contributed by atoms with E-state index in [1.807, 2.05) is 0 Å².